The lowest BCUT2D eigenvalue weighted by Gasteiger charge is -2.20. The SMILES string of the molecule is CCCCC1=NN2C(=N)/C(=C/c3cn(Cc4ccccc4F)c4ccccc34)C(=O)N=C2S1. The maximum Gasteiger partial charge on any atom is 0.283 e. The van der Waals surface area contributed by atoms with Crippen molar-refractivity contribution in [1.82, 2.24) is 9.58 Å². The lowest BCUT2D eigenvalue weighted by Crippen LogP contribution is -2.35. The second-order valence-electron chi connectivity index (χ2n) is 7.94. The summed E-state index contributed by atoms with van der Waals surface area (Å²) in [6.07, 6.45) is 6.43. The first-order chi connectivity index (χ1) is 16.0. The van der Waals surface area contributed by atoms with E-state index in [1.54, 1.807) is 18.2 Å². The first kappa shape index (κ1) is 21.3. The van der Waals surface area contributed by atoms with Gasteiger partial charge >= 0.3 is 0 Å². The fourth-order valence-electron chi connectivity index (χ4n) is 3.95. The number of benzene rings is 2. The van der Waals surface area contributed by atoms with Crippen molar-refractivity contribution >= 4 is 50.7 Å². The third-order valence-corrected chi connectivity index (χ3v) is 6.63. The highest BCUT2D eigenvalue weighted by Crippen LogP contribution is 2.31. The fourth-order valence-corrected chi connectivity index (χ4v) is 4.87. The third kappa shape index (κ3) is 4.02. The number of para-hydroxylation sites is 1. The van der Waals surface area contributed by atoms with Gasteiger partial charge in [-0.2, -0.15) is 15.1 Å². The first-order valence-electron chi connectivity index (χ1n) is 10.9. The van der Waals surface area contributed by atoms with E-state index in [2.05, 4.69) is 17.0 Å². The van der Waals surface area contributed by atoms with Crippen molar-refractivity contribution in [2.75, 3.05) is 0 Å². The van der Waals surface area contributed by atoms with Crippen molar-refractivity contribution in [2.24, 2.45) is 10.1 Å². The summed E-state index contributed by atoms with van der Waals surface area (Å²) in [6.45, 7) is 2.47. The maximum atomic E-state index is 14.3. The summed E-state index contributed by atoms with van der Waals surface area (Å²) >= 11 is 1.36. The Hall–Kier alpha value is -3.52. The number of hydrogen-bond donors (Lipinski definition) is 1. The molecule has 0 spiro atoms. The zero-order valence-electron chi connectivity index (χ0n) is 18.1. The Balaban J connectivity index is 1.52. The van der Waals surface area contributed by atoms with Gasteiger partial charge in [-0.3, -0.25) is 10.2 Å². The molecule has 8 heteroatoms. The zero-order valence-corrected chi connectivity index (χ0v) is 18.9. The average Bonchev–Trinajstić information content (AvgIpc) is 3.38. The molecule has 1 amide bonds. The summed E-state index contributed by atoms with van der Waals surface area (Å²) in [4.78, 5) is 17.0. The normalized spacial score (nSPS) is 17.0. The molecule has 1 aromatic heterocycles. The van der Waals surface area contributed by atoms with Gasteiger partial charge in [-0.05, 0) is 42.8 Å². The van der Waals surface area contributed by atoms with Crippen molar-refractivity contribution in [3.8, 4) is 0 Å². The van der Waals surface area contributed by atoms with Crippen molar-refractivity contribution in [1.29, 1.82) is 5.41 Å². The van der Waals surface area contributed by atoms with E-state index in [1.165, 1.54) is 22.8 Å². The molecule has 0 unspecified atom stereocenters. The number of carbonyl (C=O) groups excluding carboxylic acids is 1. The second-order valence-corrected chi connectivity index (χ2v) is 8.98. The number of nitrogens with zero attached hydrogens (tertiary/aromatic N) is 4. The van der Waals surface area contributed by atoms with Gasteiger partial charge in [0.15, 0.2) is 5.84 Å². The van der Waals surface area contributed by atoms with Crippen LogP contribution in [-0.4, -0.2) is 31.5 Å². The van der Waals surface area contributed by atoms with Crippen LogP contribution < -0.4 is 0 Å². The van der Waals surface area contributed by atoms with Crippen LogP contribution in [0, 0.1) is 11.2 Å². The quantitative estimate of drug-likeness (QED) is 0.485. The molecule has 0 saturated heterocycles. The topological polar surface area (TPSA) is 73.8 Å². The van der Waals surface area contributed by atoms with Crippen LogP contribution in [0.15, 0.2) is 70.4 Å². The molecule has 33 heavy (non-hydrogen) atoms. The molecule has 3 aromatic rings. The van der Waals surface area contributed by atoms with E-state index in [0.717, 1.165) is 40.8 Å². The number of nitrogens with one attached hydrogen (secondary N) is 1. The summed E-state index contributed by atoms with van der Waals surface area (Å²) < 4.78 is 16.2. The van der Waals surface area contributed by atoms with E-state index in [-0.39, 0.29) is 17.2 Å². The molecule has 1 N–H and O–H groups in total. The number of amides is 1. The lowest BCUT2D eigenvalue weighted by molar-refractivity contribution is -0.114. The van der Waals surface area contributed by atoms with Crippen LogP contribution in [0.5, 0.6) is 0 Å². The Morgan fingerprint density at radius 1 is 1.15 bits per heavy atom. The van der Waals surface area contributed by atoms with Crippen LogP contribution in [0.2, 0.25) is 0 Å². The van der Waals surface area contributed by atoms with Crippen LogP contribution in [0.4, 0.5) is 4.39 Å². The van der Waals surface area contributed by atoms with Crippen LogP contribution in [0.1, 0.15) is 37.3 Å². The second kappa shape index (κ2) is 8.78. The first-order valence-corrected chi connectivity index (χ1v) is 11.7. The Bertz CT molecular complexity index is 1370. The van der Waals surface area contributed by atoms with Crippen LogP contribution in [0.25, 0.3) is 17.0 Å². The molecule has 6 nitrogen and oxygen atoms in total. The molecule has 2 aliphatic heterocycles. The van der Waals surface area contributed by atoms with Crippen LogP contribution in [0.3, 0.4) is 0 Å². The number of aliphatic imine (C=N–C) groups is 1. The largest absolute Gasteiger partial charge is 0.342 e. The highest BCUT2D eigenvalue weighted by atomic mass is 32.2. The predicted octanol–water partition coefficient (Wildman–Crippen LogP) is 5.64. The van der Waals surface area contributed by atoms with E-state index < -0.39 is 5.91 Å². The van der Waals surface area contributed by atoms with Gasteiger partial charge in [0, 0.05) is 28.2 Å². The summed E-state index contributed by atoms with van der Waals surface area (Å²) in [5.74, 6) is -0.684. The predicted molar refractivity (Wildman–Crippen MR) is 132 cm³/mol. The van der Waals surface area contributed by atoms with E-state index in [9.17, 15) is 9.18 Å². The summed E-state index contributed by atoms with van der Waals surface area (Å²) in [7, 11) is 0. The molecule has 2 aromatic carbocycles. The molecule has 0 radical (unpaired) electrons. The van der Waals surface area contributed by atoms with E-state index in [1.807, 2.05) is 41.1 Å². The number of fused-ring (bicyclic) bond motifs is 2. The van der Waals surface area contributed by atoms with Crippen molar-refractivity contribution in [2.45, 2.75) is 32.7 Å². The summed E-state index contributed by atoms with van der Waals surface area (Å²) in [5, 5.41) is 16.8. The van der Waals surface area contributed by atoms with Crippen molar-refractivity contribution in [3.63, 3.8) is 0 Å². The smallest absolute Gasteiger partial charge is 0.283 e. The van der Waals surface area contributed by atoms with Gasteiger partial charge in [0.1, 0.15) is 10.9 Å². The van der Waals surface area contributed by atoms with Gasteiger partial charge in [0.05, 0.1) is 12.1 Å². The fraction of sp³-hybridized carbons (Fsp3) is 0.200. The van der Waals surface area contributed by atoms with E-state index in [4.69, 9.17) is 5.41 Å². The van der Waals surface area contributed by atoms with Gasteiger partial charge < -0.3 is 4.57 Å². The van der Waals surface area contributed by atoms with Crippen LogP contribution >= 0.6 is 11.8 Å². The number of halogens is 1. The number of hydrogen-bond acceptors (Lipinski definition) is 4. The average molecular weight is 460 g/mol. The molecule has 0 aliphatic carbocycles. The molecule has 3 heterocycles. The minimum Gasteiger partial charge on any atom is -0.342 e. The number of aromatic nitrogens is 1. The highest BCUT2D eigenvalue weighted by Gasteiger charge is 2.35. The van der Waals surface area contributed by atoms with Gasteiger partial charge in [0.2, 0.25) is 5.17 Å². The monoisotopic (exact) mass is 459 g/mol. The number of thioether (sulfide) groups is 1. The minimum atomic E-state index is -0.448. The number of unbranched alkanes of at least 4 members (excludes halogenated alkanes) is 1. The van der Waals surface area contributed by atoms with Gasteiger partial charge in [-0.1, -0.05) is 49.7 Å². The molecular weight excluding hydrogens is 437 g/mol. The molecule has 0 saturated carbocycles. The summed E-state index contributed by atoms with van der Waals surface area (Å²) in [5.41, 5.74) is 2.46. The van der Waals surface area contributed by atoms with E-state index in [0.29, 0.717) is 17.3 Å². The van der Waals surface area contributed by atoms with Gasteiger partial charge in [0.25, 0.3) is 5.91 Å². The Morgan fingerprint density at radius 2 is 1.94 bits per heavy atom. The van der Waals surface area contributed by atoms with Crippen molar-refractivity contribution in [3.05, 3.63) is 77.2 Å². The van der Waals surface area contributed by atoms with Gasteiger partial charge in [-0.15, -0.1) is 0 Å². The molecule has 0 bridgehead atoms. The zero-order chi connectivity index (χ0) is 22.9. The highest BCUT2D eigenvalue weighted by molar-refractivity contribution is 8.26. The van der Waals surface area contributed by atoms with Crippen molar-refractivity contribution < 1.29 is 9.18 Å². The number of rotatable bonds is 6. The molecule has 5 rings (SSSR count). The molecule has 2 aliphatic rings. The number of hydrazone groups is 1. The molecule has 166 valence electrons. The Kier molecular flexibility index (Phi) is 5.68. The molecular formula is C25H22FN5OS. The standard InChI is InChI=1S/C25H22FN5OS/c1-2-3-12-22-29-31-23(27)19(24(32)28-25(31)33-22)13-17-15-30(21-11-7-5-9-18(17)21)14-16-8-4-6-10-20(16)26/h4-11,13,15,27H,2-3,12,14H2,1H3/b19-13-,27-23?. The summed E-state index contributed by atoms with van der Waals surface area (Å²) in [6, 6.07) is 14.5. The Labute approximate surface area is 195 Å². The molecule has 0 fully saturated rings. The minimum absolute atomic E-state index is 0.0231. The third-order valence-electron chi connectivity index (χ3n) is 5.66. The Morgan fingerprint density at radius 3 is 2.76 bits per heavy atom. The number of amidine groups is 2. The van der Waals surface area contributed by atoms with Gasteiger partial charge in [-0.25, -0.2) is 4.39 Å². The molecule has 0 atom stereocenters. The van der Waals surface area contributed by atoms with Crippen LogP contribution in [-0.2, 0) is 11.3 Å². The maximum absolute atomic E-state index is 14.3. The van der Waals surface area contributed by atoms with E-state index >= 15 is 0 Å². The lowest BCUT2D eigenvalue weighted by atomic mass is 10.1. The number of carbonyl (C=O) groups is 1.